The molecule has 0 radical (unpaired) electrons. The fourth-order valence-electron chi connectivity index (χ4n) is 8.41. The largest absolute Gasteiger partial charge is 0.310 e. The van der Waals surface area contributed by atoms with Gasteiger partial charge in [0, 0.05) is 32.8 Å². The van der Waals surface area contributed by atoms with Crippen LogP contribution in [0.3, 0.4) is 0 Å². The monoisotopic (exact) mass is 485 g/mol. The predicted molar refractivity (Wildman–Crippen MR) is 162 cm³/mol. The minimum absolute atomic E-state index is 0.0513. The molecule has 0 fully saturated rings. The van der Waals surface area contributed by atoms with E-state index in [0.717, 1.165) is 0 Å². The summed E-state index contributed by atoms with van der Waals surface area (Å²) in [5.41, 5.74) is 17.1. The van der Waals surface area contributed by atoms with Gasteiger partial charge in [-0.3, -0.25) is 0 Å². The van der Waals surface area contributed by atoms with Crippen molar-refractivity contribution in [3.63, 3.8) is 0 Å². The van der Waals surface area contributed by atoms with E-state index in [1.165, 1.54) is 71.8 Å². The molecule has 0 aliphatic carbocycles. The second kappa shape index (κ2) is 6.50. The topological polar surface area (TPSA) is 4.93 Å². The summed E-state index contributed by atoms with van der Waals surface area (Å²) < 4.78 is 2.61. The first-order valence-electron chi connectivity index (χ1n) is 13.8. The van der Waals surface area contributed by atoms with E-state index in [2.05, 4.69) is 129 Å². The number of rotatable bonds is 1. The van der Waals surface area contributed by atoms with Crippen LogP contribution in [-0.4, -0.2) is 11.3 Å². The Morgan fingerprint density at radius 2 is 1.18 bits per heavy atom. The zero-order valence-corrected chi connectivity index (χ0v) is 22.3. The summed E-state index contributed by atoms with van der Waals surface area (Å²) >= 11 is 0. The lowest BCUT2D eigenvalue weighted by Crippen LogP contribution is -2.68. The zero-order valence-electron chi connectivity index (χ0n) is 22.3. The highest BCUT2D eigenvalue weighted by molar-refractivity contribution is 7.00. The van der Waals surface area contributed by atoms with Crippen LogP contribution in [0.4, 0.5) is 0 Å². The van der Waals surface area contributed by atoms with Crippen molar-refractivity contribution in [2.45, 2.75) is 38.5 Å². The van der Waals surface area contributed by atoms with E-state index in [1.54, 1.807) is 5.46 Å². The maximum Gasteiger partial charge on any atom is 0.248 e. The van der Waals surface area contributed by atoms with Crippen LogP contribution in [0.25, 0.3) is 38.6 Å². The smallest absolute Gasteiger partial charge is 0.248 e. The Kier molecular flexibility index (Phi) is 3.59. The lowest BCUT2D eigenvalue weighted by Gasteiger charge is -2.48. The van der Waals surface area contributed by atoms with Gasteiger partial charge in [-0.2, -0.15) is 0 Å². The molecular formula is C36H28BN. The molecule has 3 aliphatic heterocycles. The fourth-order valence-corrected chi connectivity index (χ4v) is 8.41. The van der Waals surface area contributed by atoms with Crippen molar-refractivity contribution in [1.29, 1.82) is 0 Å². The van der Waals surface area contributed by atoms with E-state index in [9.17, 15) is 0 Å². The van der Waals surface area contributed by atoms with E-state index in [0.29, 0.717) is 0 Å². The molecule has 0 unspecified atom stereocenters. The van der Waals surface area contributed by atoms with Gasteiger partial charge in [-0.25, -0.2) is 0 Å². The minimum atomic E-state index is -0.0607. The van der Waals surface area contributed by atoms with Gasteiger partial charge in [0.05, 0.1) is 5.52 Å². The molecule has 38 heavy (non-hydrogen) atoms. The number of fused-ring (bicyclic) bond motifs is 4. The molecule has 0 bridgehead atoms. The van der Waals surface area contributed by atoms with E-state index in [4.69, 9.17) is 0 Å². The third kappa shape index (κ3) is 2.17. The minimum Gasteiger partial charge on any atom is -0.310 e. The normalized spacial score (nSPS) is 16.8. The average molecular weight is 485 g/mol. The molecule has 5 aromatic carbocycles. The predicted octanol–water partition coefficient (Wildman–Crippen LogP) is 6.56. The van der Waals surface area contributed by atoms with Gasteiger partial charge < -0.3 is 4.57 Å². The van der Waals surface area contributed by atoms with Crippen LogP contribution in [0.15, 0.2) is 97.1 Å². The van der Waals surface area contributed by atoms with Gasteiger partial charge in [-0.05, 0) is 56.4 Å². The maximum atomic E-state index is 2.61. The van der Waals surface area contributed by atoms with E-state index in [1.807, 2.05) is 0 Å². The summed E-state index contributed by atoms with van der Waals surface area (Å²) in [6.45, 7) is 10.00. The Morgan fingerprint density at radius 1 is 0.553 bits per heavy atom. The highest BCUT2D eigenvalue weighted by atomic mass is 15.0. The third-order valence-corrected chi connectivity index (χ3v) is 10.1. The number of nitrogens with zero attached hydrogens (tertiary/aromatic N) is 1. The Hall–Kier alpha value is -4.04. The molecule has 1 aromatic heterocycles. The lowest BCUT2D eigenvalue weighted by atomic mass is 9.26. The lowest BCUT2D eigenvalue weighted by molar-refractivity contribution is 0.621. The number of hydrogen-bond donors (Lipinski definition) is 0. The van der Waals surface area contributed by atoms with Gasteiger partial charge >= 0.3 is 0 Å². The third-order valence-electron chi connectivity index (χ3n) is 10.1. The van der Waals surface area contributed by atoms with Crippen molar-refractivity contribution >= 4 is 44.9 Å². The fraction of sp³-hybridized carbons (Fsp3) is 0.167. The molecule has 0 amide bonds. The van der Waals surface area contributed by atoms with Crippen molar-refractivity contribution in [3.05, 3.63) is 119 Å². The summed E-state index contributed by atoms with van der Waals surface area (Å²) in [5, 5.41) is 2.74. The zero-order chi connectivity index (χ0) is 25.6. The van der Waals surface area contributed by atoms with Crippen molar-refractivity contribution < 1.29 is 0 Å². The van der Waals surface area contributed by atoms with Crippen LogP contribution in [0.2, 0.25) is 0 Å². The van der Waals surface area contributed by atoms with E-state index >= 15 is 0 Å². The molecule has 0 atom stereocenters. The Morgan fingerprint density at radius 3 is 1.92 bits per heavy atom. The highest BCUT2D eigenvalue weighted by Crippen LogP contribution is 2.46. The number of aromatic nitrogens is 1. The second-order valence-corrected chi connectivity index (χ2v) is 12.5. The molecule has 9 rings (SSSR count). The molecule has 180 valence electrons. The molecule has 0 saturated heterocycles. The Bertz CT molecular complexity index is 2010. The summed E-state index contributed by atoms with van der Waals surface area (Å²) in [5.74, 6) is 0. The highest BCUT2D eigenvalue weighted by Gasteiger charge is 2.51. The first kappa shape index (κ1) is 21.0. The number of benzene rings is 5. The Balaban J connectivity index is 1.56. The van der Waals surface area contributed by atoms with Gasteiger partial charge in [0.25, 0.3) is 0 Å². The summed E-state index contributed by atoms with van der Waals surface area (Å²) in [6, 6.07) is 36.7. The van der Waals surface area contributed by atoms with Gasteiger partial charge in [-0.15, -0.1) is 0 Å². The summed E-state index contributed by atoms with van der Waals surface area (Å²) in [7, 11) is 0. The SMILES string of the molecule is CC1(C)c2cccc3c2B2c4c1cccc4C(C)(C)c1ccc4c5c(-c6ccccc6)cccc5n-3c4c12. The summed E-state index contributed by atoms with van der Waals surface area (Å²) in [4.78, 5) is 0. The Labute approximate surface area is 223 Å². The van der Waals surface area contributed by atoms with Crippen LogP contribution in [0.1, 0.15) is 49.9 Å². The first-order valence-corrected chi connectivity index (χ1v) is 13.8. The standard InChI is InChI=1S/C36H28BN/c1-35(2)24-14-9-15-25-31(24)37-32-26(35)16-10-18-29(32)38-28-17-8-13-22(21-11-6-5-7-12-21)30(28)23-19-20-27(36(25,3)4)33(37)34(23)38/h5-20H,1-4H3. The average Bonchev–Trinajstić information content (AvgIpc) is 3.28. The van der Waals surface area contributed by atoms with Crippen molar-refractivity contribution in [2.24, 2.45) is 0 Å². The van der Waals surface area contributed by atoms with Crippen molar-refractivity contribution in [3.8, 4) is 16.8 Å². The van der Waals surface area contributed by atoms with Crippen molar-refractivity contribution in [2.75, 3.05) is 0 Å². The molecule has 0 spiro atoms. The molecule has 1 nitrogen and oxygen atoms in total. The summed E-state index contributed by atoms with van der Waals surface area (Å²) in [6.07, 6.45) is 0. The molecule has 0 saturated carbocycles. The second-order valence-electron chi connectivity index (χ2n) is 12.5. The molecular weight excluding hydrogens is 457 g/mol. The quantitative estimate of drug-likeness (QED) is 0.232. The van der Waals surface area contributed by atoms with Gasteiger partial charge in [-0.1, -0.05) is 118 Å². The van der Waals surface area contributed by atoms with Crippen LogP contribution in [-0.2, 0) is 10.8 Å². The van der Waals surface area contributed by atoms with Gasteiger partial charge in [0.15, 0.2) is 0 Å². The first-order chi connectivity index (χ1) is 18.4. The van der Waals surface area contributed by atoms with E-state index < -0.39 is 0 Å². The molecule has 2 heteroatoms. The van der Waals surface area contributed by atoms with Crippen molar-refractivity contribution in [1.82, 2.24) is 4.57 Å². The molecule has 3 aliphatic rings. The molecule has 6 aromatic rings. The van der Waals surface area contributed by atoms with Gasteiger partial charge in [0.1, 0.15) is 0 Å². The van der Waals surface area contributed by atoms with Crippen LogP contribution in [0, 0.1) is 0 Å². The van der Waals surface area contributed by atoms with Crippen LogP contribution in [0.5, 0.6) is 0 Å². The van der Waals surface area contributed by atoms with Crippen LogP contribution < -0.4 is 16.4 Å². The molecule has 0 N–H and O–H groups in total. The molecule has 4 heterocycles. The number of hydrogen-bond acceptors (Lipinski definition) is 0. The van der Waals surface area contributed by atoms with Crippen LogP contribution >= 0.6 is 0 Å². The van der Waals surface area contributed by atoms with E-state index in [-0.39, 0.29) is 17.5 Å². The van der Waals surface area contributed by atoms with Gasteiger partial charge in [0.2, 0.25) is 6.71 Å². The maximum absolute atomic E-state index is 2.61.